The van der Waals surface area contributed by atoms with Crippen LogP contribution in [0.2, 0.25) is 0 Å². The molecule has 8 nitrogen and oxygen atoms in total. The number of benzene rings is 2. The van der Waals surface area contributed by atoms with Gasteiger partial charge in [0.15, 0.2) is 0 Å². The highest BCUT2D eigenvalue weighted by molar-refractivity contribution is 6.04. The molecule has 4 N–H and O–H groups in total. The van der Waals surface area contributed by atoms with Crippen LogP contribution >= 0.6 is 0 Å². The third-order valence-corrected chi connectivity index (χ3v) is 6.78. The molecule has 3 aromatic rings. The van der Waals surface area contributed by atoms with Crippen molar-refractivity contribution in [2.75, 3.05) is 31.5 Å². The smallest absolute Gasteiger partial charge is 0.332 e. The number of hydrogen-bond acceptors (Lipinski definition) is 6. The number of likely N-dealkylation sites (tertiary alicyclic amines) is 1. The SMILES string of the molecule is Cc1ccc(C(=O)Nc2ccc(CNCCN3CCC(=O)CC3)c(C(F)(F)F)c2)cc1C#Cc1cnc(/C=C\C=N)[nH]1. The Bertz CT molecular complexity index is 1540. The summed E-state index contributed by atoms with van der Waals surface area (Å²) in [6.07, 6.45) is 2.27. The molecule has 0 spiro atoms. The van der Waals surface area contributed by atoms with Gasteiger partial charge in [0.05, 0.1) is 11.8 Å². The van der Waals surface area contributed by atoms with Gasteiger partial charge in [-0.25, -0.2) is 4.98 Å². The summed E-state index contributed by atoms with van der Waals surface area (Å²) in [6, 6.07) is 8.67. The first-order chi connectivity index (χ1) is 20.1. The van der Waals surface area contributed by atoms with Crippen LogP contribution < -0.4 is 10.6 Å². The van der Waals surface area contributed by atoms with Crippen molar-refractivity contribution in [2.24, 2.45) is 0 Å². The number of allylic oxidation sites excluding steroid dienone is 1. The molecular formula is C31H31F3N6O2. The van der Waals surface area contributed by atoms with Gasteiger partial charge in [-0.15, -0.1) is 0 Å². The Morgan fingerprint density at radius 1 is 1.17 bits per heavy atom. The largest absolute Gasteiger partial charge is 0.416 e. The molecule has 1 aliphatic heterocycles. The second kappa shape index (κ2) is 13.9. The fourth-order valence-electron chi connectivity index (χ4n) is 4.42. The number of aromatic amines is 1. The number of imidazole rings is 1. The summed E-state index contributed by atoms with van der Waals surface area (Å²) in [5.74, 6) is 6.18. The number of halogens is 3. The third kappa shape index (κ3) is 8.49. The lowest BCUT2D eigenvalue weighted by molar-refractivity contribution is -0.138. The number of rotatable bonds is 9. The summed E-state index contributed by atoms with van der Waals surface area (Å²) in [5.41, 5.74) is 1.51. The summed E-state index contributed by atoms with van der Waals surface area (Å²) >= 11 is 0. The number of aryl methyl sites for hydroxylation is 1. The number of piperidine rings is 1. The van der Waals surface area contributed by atoms with Crippen LogP contribution in [0, 0.1) is 24.2 Å². The molecule has 1 aromatic heterocycles. The molecule has 4 rings (SSSR count). The molecule has 0 unspecified atom stereocenters. The third-order valence-electron chi connectivity index (χ3n) is 6.78. The molecule has 1 amide bonds. The number of hydrogen-bond donors (Lipinski definition) is 4. The summed E-state index contributed by atoms with van der Waals surface area (Å²) in [6.45, 7) is 4.35. The van der Waals surface area contributed by atoms with Gasteiger partial charge in [-0.3, -0.25) is 9.59 Å². The number of ketones is 1. The Morgan fingerprint density at radius 3 is 2.69 bits per heavy atom. The van der Waals surface area contributed by atoms with Gasteiger partial charge in [-0.2, -0.15) is 13.2 Å². The topological polar surface area (TPSA) is 114 Å². The maximum Gasteiger partial charge on any atom is 0.416 e. The second-order valence-electron chi connectivity index (χ2n) is 9.87. The van der Waals surface area contributed by atoms with Crippen LogP contribution in [0.4, 0.5) is 18.9 Å². The predicted octanol–water partition coefficient (Wildman–Crippen LogP) is 4.81. The monoisotopic (exact) mass is 576 g/mol. The molecule has 218 valence electrons. The van der Waals surface area contributed by atoms with Gasteiger partial charge in [-0.05, 0) is 60.4 Å². The van der Waals surface area contributed by atoms with Crippen molar-refractivity contribution >= 4 is 29.7 Å². The predicted molar refractivity (Wildman–Crippen MR) is 155 cm³/mol. The van der Waals surface area contributed by atoms with Gasteiger partial charge in [0, 0.05) is 68.6 Å². The van der Waals surface area contributed by atoms with E-state index in [0.29, 0.717) is 56.1 Å². The molecule has 2 aromatic carbocycles. The summed E-state index contributed by atoms with van der Waals surface area (Å²) in [7, 11) is 0. The first-order valence-corrected chi connectivity index (χ1v) is 13.4. The van der Waals surface area contributed by atoms with Crippen molar-refractivity contribution in [3.8, 4) is 11.8 Å². The van der Waals surface area contributed by atoms with Crippen LogP contribution in [0.15, 0.2) is 48.7 Å². The number of Topliss-reactive ketones (excluding diaryl/α,β-unsaturated/α-hetero) is 1. The van der Waals surface area contributed by atoms with Crippen molar-refractivity contribution in [3.05, 3.63) is 88.0 Å². The molecule has 2 heterocycles. The van der Waals surface area contributed by atoms with Gasteiger partial charge in [0.25, 0.3) is 5.91 Å². The van der Waals surface area contributed by atoms with Gasteiger partial charge in [0.1, 0.15) is 17.3 Å². The van der Waals surface area contributed by atoms with E-state index in [0.717, 1.165) is 17.8 Å². The number of amides is 1. The Hall–Kier alpha value is -4.53. The molecule has 0 aliphatic carbocycles. The van der Waals surface area contributed by atoms with Crippen LogP contribution in [-0.2, 0) is 17.5 Å². The van der Waals surface area contributed by atoms with Gasteiger partial charge in [-0.1, -0.05) is 18.1 Å². The van der Waals surface area contributed by atoms with Crippen LogP contribution in [0.25, 0.3) is 6.08 Å². The minimum atomic E-state index is -4.60. The van der Waals surface area contributed by atoms with Crippen LogP contribution in [0.3, 0.4) is 0 Å². The van der Waals surface area contributed by atoms with E-state index in [9.17, 15) is 22.8 Å². The maximum atomic E-state index is 13.9. The second-order valence-corrected chi connectivity index (χ2v) is 9.87. The number of carbonyl (C=O) groups excluding carboxylic acids is 2. The molecule has 0 saturated carbocycles. The summed E-state index contributed by atoms with van der Waals surface area (Å²) < 4.78 is 41.7. The van der Waals surface area contributed by atoms with E-state index < -0.39 is 17.6 Å². The number of carbonyl (C=O) groups is 2. The molecule has 11 heteroatoms. The number of H-pyrrole nitrogens is 1. The molecule has 0 atom stereocenters. The van der Waals surface area contributed by atoms with Crippen molar-refractivity contribution in [1.82, 2.24) is 20.2 Å². The zero-order chi connectivity index (χ0) is 30.1. The Labute approximate surface area is 241 Å². The zero-order valence-corrected chi connectivity index (χ0v) is 23.1. The van der Waals surface area contributed by atoms with Crippen LogP contribution in [0.5, 0.6) is 0 Å². The van der Waals surface area contributed by atoms with Crippen molar-refractivity contribution in [1.29, 1.82) is 5.41 Å². The highest BCUT2D eigenvalue weighted by atomic mass is 19.4. The van der Waals surface area contributed by atoms with Crippen molar-refractivity contribution in [3.63, 3.8) is 0 Å². The summed E-state index contributed by atoms with van der Waals surface area (Å²) in [5, 5.41) is 12.7. The lowest BCUT2D eigenvalue weighted by Gasteiger charge is -2.25. The Balaban J connectivity index is 1.41. The number of nitrogens with one attached hydrogen (secondary N) is 4. The zero-order valence-electron chi connectivity index (χ0n) is 23.1. The normalized spacial score (nSPS) is 14.0. The highest BCUT2D eigenvalue weighted by Gasteiger charge is 2.33. The maximum absolute atomic E-state index is 13.9. The van der Waals surface area contributed by atoms with E-state index in [1.165, 1.54) is 18.2 Å². The lowest BCUT2D eigenvalue weighted by Crippen LogP contribution is -2.38. The standard InChI is InChI=1S/C31H31F3N6O2/c1-21-4-5-23(17-22(21)6-9-26-20-37-29(38-26)3-2-12-35)30(42)39-25-8-7-24(28(18-25)31(32,33)34)19-36-13-16-40-14-10-27(41)11-15-40/h2-5,7-8,12,17-18,20,35-36H,10-11,13-16,19H2,1H3,(H,37,38)(H,39,42)/b3-2-,35-12?. The fraction of sp³-hybridized carbons (Fsp3) is 0.290. The van der Waals surface area contributed by atoms with Crippen LogP contribution in [-0.4, -0.2) is 59.0 Å². The number of anilines is 1. The fourth-order valence-corrected chi connectivity index (χ4v) is 4.42. The minimum Gasteiger partial charge on any atom is -0.332 e. The van der Waals surface area contributed by atoms with Gasteiger partial charge < -0.3 is 25.9 Å². The first kappa shape index (κ1) is 30.4. The van der Waals surface area contributed by atoms with E-state index in [1.807, 2.05) is 6.92 Å². The molecule has 1 saturated heterocycles. The number of alkyl halides is 3. The minimum absolute atomic E-state index is 0.0205. The Kier molecular flexibility index (Phi) is 10.1. The molecule has 0 radical (unpaired) electrons. The van der Waals surface area contributed by atoms with Gasteiger partial charge in [0.2, 0.25) is 0 Å². The van der Waals surface area contributed by atoms with Crippen molar-refractivity contribution in [2.45, 2.75) is 32.5 Å². The van der Waals surface area contributed by atoms with E-state index in [1.54, 1.807) is 30.5 Å². The number of aromatic nitrogens is 2. The molecule has 1 aliphatic rings. The molecule has 42 heavy (non-hydrogen) atoms. The van der Waals surface area contributed by atoms with Gasteiger partial charge >= 0.3 is 6.18 Å². The van der Waals surface area contributed by atoms with E-state index in [-0.39, 0.29) is 29.1 Å². The average Bonchev–Trinajstić information content (AvgIpc) is 3.42. The molecule has 0 bridgehead atoms. The quantitative estimate of drug-likeness (QED) is 0.166. The first-order valence-electron chi connectivity index (χ1n) is 13.4. The van der Waals surface area contributed by atoms with E-state index >= 15 is 0 Å². The molecular weight excluding hydrogens is 545 g/mol. The lowest BCUT2D eigenvalue weighted by atomic mass is 10.0. The van der Waals surface area contributed by atoms with E-state index in [4.69, 9.17) is 5.41 Å². The highest BCUT2D eigenvalue weighted by Crippen LogP contribution is 2.34. The molecule has 1 fully saturated rings. The van der Waals surface area contributed by atoms with Crippen LogP contribution in [0.1, 0.15) is 57.0 Å². The van der Waals surface area contributed by atoms with E-state index in [2.05, 4.69) is 37.3 Å². The average molecular weight is 577 g/mol. The Morgan fingerprint density at radius 2 is 1.95 bits per heavy atom. The van der Waals surface area contributed by atoms with Crippen molar-refractivity contribution < 1.29 is 22.8 Å². The summed E-state index contributed by atoms with van der Waals surface area (Å²) in [4.78, 5) is 33.6. The number of nitrogens with zero attached hydrogens (tertiary/aromatic N) is 2.